The standard InChI is InChI=1S/C24H27F2N5O2/c25-19-5-1-3-17(20(19)26)15-6-7-16(14-27-13-15)29-23(33)31-11-8-24(9-12-31)18-4-2-10-28-21(18)30-22(24)32/h1-5,10,15-16,27H,6-9,11-14H2,(H,29,33)(H,28,30,32)/t15-,16-/m1/s1. The summed E-state index contributed by atoms with van der Waals surface area (Å²) in [6.45, 7) is 2.05. The Balaban J connectivity index is 1.18. The fourth-order valence-corrected chi connectivity index (χ4v) is 5.36. The van der Waals surface area contributed by atoms with Crippen molar-refractivity contribution in [3.63, 3.8) is 0 Å². The van der Waals surface area contributed by atoms with Gasteiger partial charge in [-0.15, -0.1) is 0 Å². The molecule has 3 amide bonds. The lowest BCUT2D eigenvalue weighted by Crippen LogP contribution is -2.53. The molecule has 9 heteroatoms. The summed E-state index contributed by atoms with van der Waals surface area (Å²) in [5, 5.41) is 9.23. The Morgan fingerprint density at radius 1 is 1.12 bits per heavy atom. The van der Waals surface area contributed by atoms with Gasteiger partial charge < -0.3 is 20.9 Å². The quantitative estimate of drug-likeness (QED) is 0.650. The van der Waals surface area contributed by atoms with E-state index in [0.717, 1.165) is 11.6 Å². The molecule has 0 saturated carbocycles. The van der Waals surface area contributed by atoms with E-state index in [1.807, 2.05) is 12.1 Å². The van der Waals surface area contributed by atoms with Gasteiger partial charge >= 0.3 is 6.03 Å². The number of hydrogen-bond donors (Lipinski definition) is 3. The second kappa shape index (κ2) is 8.70. The fraction of sp³-hybridized carbons (Fsp3) is 0.458. The van der Waals surface area contributed by atoms with Crippen molar-refractivity contribution in [2.75, 3.05) is 31.5 Å². The fourth-order valence-electron chi connectivity index (χ4n) is 5.36. The summed E-state index contributed by atoms with van der Waals surface area (Å²) in [6, 6.07) is 7.79. The Hall–Kier alpha value is -3.07. The number of anilines is 1. The number of hydrogen-bond acceptors (Lipinski definition) is 4. The number of benzene rings is 1. The molecule has 4 heterocycles. The lowest BCUT2D eigenvalue weighted by molar-refractivity contribution is -0.122. The van der Waals surface area contributed by atoms with Gasteiger partial charge in [0.2, 0.25) is 5.91 Å². The van der Waals surface area contributed by atoms with Crippen LogP contribution in [-0.4, -0.2) is 54.0 Å². The van der Waals surface area contributed by atoms with Crippen molar-refractivity contribution in [2.45, 2.75) is 43.1 Å². The van der Waals surface area contributed by atoms with Gasteiger partial charge in [-0.3, -0.25) is 4.79 Å². The highest BCUT2D eigenvalue weighted by molar-refractivity contribution is 6.05. The molecular formula is C24H27F2N5O2. The minimum absolute atomic E-state index is 0.0418. The molecule has 7 nitrogen and oxygen atoms in total. The zero-order valence-corrected chi connectivity index (χ0v) is 18.2. The number of piperidine rings is 1. The number of likely N-dealkylation sites (tertiary alicyclic amines) is 1. The molecule has 1 spiro atoms. The molecule has 1 aromatic carbocycles. The minimum atomic E-state index is -0.834. The molecule has 5 rings (SSSR count). The largest absolute Gasteiger partial charge is 0.334 e. The smallest absolute Gasteiger partial charge is 0.317 e. The zero-order chi connectivity index (χ0) is 23.0. The topological polar surface area (TPSA) is 86.4 Å². The van der Waals surface area contributed by atoms with E-state index in [4.69, 9.17) is 0 Å². The van der Waals surface area contributed by atoms with Gasteiger partial charge in [-0.05, 0) is 49.3 Å². The van der Waals surface area contributed by atoms with Gasteiger partial charge in [0, 0.05) is 44.0 Å². The summed E-state index contributed by atoms with van der Waals surface area (Å²) in [7, 11) is 0. The van der Waals surface area contributed by atoms with E-state index in [2.05, 4.69) is 20.9 Å². The van der Waals surface area contributed by atoms with Gasteiger partial charge in [0.25, 0.3) is 0 Å². The van der Waals surface area contributed by atoms with Gasteiger partial charge in [-0.25, -0.2) is 18.6 Å². The van der Waals surface area contributed by atoms with E-state index < -0.39 is 17.0 Å². The molecule has 3 N–H and O–H groups in total. The highest BCUT2D eigenvalue weighted by Gasteiger charge is 2.49. The van der Waals surface area contributed by atoms with Crippen LogP contribution in [0.1, 0.15) is 42.7 Å². The average Bonchev–Trinajstić information content (AvgIpc) is 2.95. The first-order valence-corrected chi connectivity index (χ1v) is 11.4. The highest BCUT2D eigenvalue weighted by Crippen LogP contribution is 2.43. The van der Waals surface area contributed by atoms with E-state index in [1.54, 1.807) is 17.2 Å². The number of urea groups is 1. The lowest BCUT2D eigenvalue weighted by atomic mass is 9.74. The van der Waals surface area contributed by atoms with Crippen molar-refractivity contribution in [3.05, 3.63) is 59.3 Å². The van der Waals surface area contributed by atoms with Crippen LogP contribution in [0.2, 0.25) is 0 Å². The minimum Gasteiger partial charge on any atom is -0.334 e. The maximum Gasteiger partial charge on any atom is 0.317 e. The van der Waals surface area contributed by atoms with Crippen LogP contribution in [-0.2, 0) is 10.2 Å². The normalized spacial score (nSPS) is 24.2. The molecule has 0 bridgehead atoms. The molecule has 2 fully saturated rings. The van der Waals surface area contributed by atoms with Crippen LogP contribution < -0.4 is 16.0 Å². The van der Waals surface area contributed by atoms with Crippen LogP contribution in [0.25, 0.3) is 0 Å². The molecule has 0 unspecified atom stereocenters. The molecule has 3 aliphatic rings. The third-order valence-corrected chi connectivity index (χ3v) is 7.29. The maximum atomic E-state index is 14.2. The van der Waals surface area contributed by atoms with E-state index in [1.165, 1.54) is 6.07 Å². The third kappa shape index (κ3) is 3.94. The SMILES string of the molecule is O=C(N[C@@H]1CC[C@@H](c2cccc(F)c2F)CNC1)N1CCC2(CC1)C(=O)Nc1ncccc12. The summed E-state index contributed by atoms with van der Waals surface area (Å²) in [4.78, 5) is 31.6. The molecular weight excluding hydrogens is 428 g/mol. The van der Waals surface area contributed by atoms with Gasteiger partial charge in [-0.2, -0.15) is 0 Å². The monoisotopic (exact) mass is 455 g/mol. The first-order valence-electron chi connectivity index (χ1n) is 11.4. The number of amides is 3. The Labute approximate surface area is 190 Å². The number of halogens is 2. The lowest BCUT2D eigenvalue weighted by Gasteiger charge is -2.38. The first kappa shape index (κ1) is 21.8. The van der Waals surface area contributed by atoms with Crippen LogP contribution in [0.4, 0.5) is 19.4 Å². The summed E-state index contributed by atoms with van der Waals surface area (Å²) < 4.78 is 27.8. The maximum absolute atomic E-state index is 14.2. The molecule has 2 saturated heterocycles. The molecule has 3 aliphatic heterocycles. The van der Waals surface area contributed by atoms with Crippen LogP contribution in [0.5, 0.6) is 0 Å². The molecule has 0 aliphatic carbocycles. The Bertz CT molecular complexity index is 1070. The molecule has 33 heavy (non-hydrogen) atoms. The van der Waals surface area contributed by atoms with Gasteiger partial charge in [0.05, 0.1) is 5.41 Å². The molecule has 174 valence electrons. The number of pyridine rings is 1. The van der Waals surface area contributed by atoms with Crippen LogP contribution in [0, 0.1) is 11.6 Å². The van der Waals surface area contributed by atoms with E-state index in [0.29, 0.717) is 63.2 Å². The highest BCUT2D eigenvalue weighted by atomic mass is 19.2. The number of rotatable bonds is 2. The predicted octanol–water partition coefficient (Wildman–Crippen LogP) is 2.89. The van der Waals surface area contributed by atoms with Gasteiger partial charge in [0.1, 0.15) is 5.82 Å². The zero-order valence-electron chi connectivity index (χ0n) is 18.2. The molecule has 2 atom stereocenters. The van der Waals surface area contributed by atoms with Gasteiger partial charge in [-0.1, -0.05) is 18.2 Å². The Morgan fingerprint density at radius 2 is 1.94 bits per heavy atom. The van der Waals surface area contributed by atoms with E-state index in [9.17, 15) is 18.4 Å². The number of fused-ring (bicyclic) bond motifs is 2. The van der Waals surface area contributed by atoms with Crippen molar-refractivity contribution in [2.24, 2.45) is 0 Å². The van der Waals surface area contributed by atoms with Crippen LogP contribution in [0.15, 0.2) is 36.5 Å². The predicted molar refractivity (Wildman–Crippen MR) is 119 cm³/mol. The van der Waals surface area contributed by atoms with Crippen molar-refractivity contribution >= 4 is 17.8 Å². The number of carbonyl (C=O) groups is 2. The summed E-state index contributed by atoms with van der Waals surface area (Å²) >= 11 is 0. The van der Waals surface area contributed by atoms with Crippen molar-refractivity contribution in [1.82, 2.24) is 20.5 Å². The second-order valence-corrected chi connectivity index (χ2v) is 9.14. The van der Waals surface area contributed by atoms with Crippen LogP contribution >= 0.6 is 0 Å². The summed E-state index contributed by atoms with van der Waals surface area (Å²) in [6.07, 6.45) is 4.07. The number of aromatic nitrogens is 1. The molecule has 2 aromatic rings. The van der Waals surface area contributed by atoms with E-state index >= 15 is 0 Å². The Kier molecular flexibility index (Phi) is 5.74. The van der Waals surface area contributed by atoms with Crippen molar-refractivity contribution in [1.29, 1.82) is 0 Å². The van der Waals surface area contributed by atoms with Crippen LogP contribution in [0.3, 0.4) is 0 Å². The Morgan fingerprint density at radius 3 is 2.76 bits per heavy atom. The first-order chi connectivity index (χ1) is 16.0. The average molecular weight is 456 g/mol. The number of carbonyl (C=O) groups excluding carboxylic acids is 2. The second-order valence-electron chi connectivity index (χ2n) is 9.14. The van der Waals surface area contributed by atoms with Gasteiger partial charge in [0.15, 0.2) is 11.6 Å². The number of nitrogens with one attached hydrogen (secondary N) is 3. The third-order valence-electron chi connectivity index (χ3n) is 7.29. The summed E-state index contributed by atoms with van der Waals surface area (Å²) in [5.41, 5.74) is 0.672. The van der Waals surface area contributed by atoms with Crippen molar-refractivity contribution < 1.29 is 18.4 Å². The van der Waals surface area contributed by atoms with Crippen molar-refractivity contribution in [3.8, 4) is 0 Å². The van der Waals surface area contributed by atoms with E-state index in [-0.39, 0.29) is 23.9 Å². The molecule has 1 aromatic heterocycles. The number of nitrogens with zero attached hydrogens (tertiary/aromatic N) is 2. The summed E-state index contributed by atoms with van der Waals surface area (Å²) in [5.74, 6) is -1.19. The molecule has 0 radical (unpaired) electrons.